The van der Waals surface area contributed by atoms with Crippen molar-refractivity contribution >= 4 is 17.1 Å². The van der Waals surface area contributed by atoms with Crippen LogP contribution < -0.4 is 16.1 Å². The molecule has 0 unspecified atom stereocenters. The average Bonchev–Trinajstić information content (AvgIpc) is 3.11. The van der Waals surface area contributed by atoms with Gasteiger partial charge in [0.2, 0.25) is 5.95 Å². The first-order chi connectivity index (χ1) is 14.0. The summed E-state index contributed by atoms with van der Waals surface area (Å²) in [6.45, 7) is 4.65. The van der Waals surface area contributed by atoms with Gasteiger partial charge in [-0.25, -0.2) is 4.79 Å². The molecule has 1 aliphatic heterocycles. The van der Waals surface area contributed by atoms with Gasteiger partial charge in [0.25, 0.3) is 5.56 Å². The zero-order valence-corrected chi connectivity index (χ0v) is 16.9. The number of imidazole rings is 1. The molecule has 1 N–H and O–H groups in total. The second-order valence-electron chi connectivity index (χ2n) is 7.86. The normalized spacial score (nSPS) is 16.4. The Balaban J connectivity index is 1.78. The van der Waals surface area contributed by atoms with Crippen molar-refractivity contribution in [3.05, 3.63) is 56.7 Å². The summed E-state index contributed by atoms with van der Waals surface area (Å²) < 4.78 is 4.62. The Hall–Kier alpha value is -2.87. The molecule has 0 bridgehead atoms. The number of anilines is 1. The van der Waals surface area contributed by atoms with Crippen LogP contribution in [0.15, 0.2) is 39.9 Å². The average molecular weight is 397 g/mol. The van der Waals surface area contributed by atoms with Crippen LogP contribution in [0.4, 0.5) is 5.95 Å². The third kappa shape index (κ3) is 3.48. The summed E-state index contributed by atoms with van der Waals surface area (Å²) in [6, 6.07) is 10.3. The summed E-state index contributed by atoms with van der Waals surface area (Å²) >= 11 is 0. The predicted octanol–water partition coefficient (Wildman–Crippen LogP) is 0.978. The number of aliphatic hydroxyl groups is 1. The summed E-state index contributed by atoms with van der Waals surface area (Å²) in [5.41, 5.74) is 1.43. The molecule has 3 aromatic rings. The largest absolute Gasteiger partial charge is 0.396 e. The van der Waals surface area contributed by atoms with Crippen molar-refractivity contribution in [1.29, 1.82) is 0 Å². The number of fused-ring (bicyclic) bond motifs is 3. The van der Waals surface area contributed by atoms with Crippen LogP contribution in [-0.2, 0) is 26.6 Å². The van der Waals surface area contributed by atoms with E-state index in [1.54, 1.807) is 7.05 Å². The van der Waals surface area contributed by atoms with Gasteiger partial charge in [-0.2, -0.15) is 4.98 Å². The van der Waals surface area contributed by atoms with Crippen LogP contribution in [0.2, 0.25) is 0 Å². The second-order valence-corrected chi connectivity index (χ2v) is 7.86. The highest BCUT2D eigenvalue weighted by Crippen LogP contribution is 2.26. The third-order valence-corrected chi connectivity index (χ3v) is 5.57. The van der Waals surface area contributed by atoms with Crippen molar-refractivity contribution in [2.45, 2.75) is 32.9 Å². The molecule has 0 saturated carbocycles. The SMILES string of the molecule is C[C@@H]1CN(CCc2ccccc2)c2nc3c(c(=O)n(CCCO)c(=O)n3C)n2C1. The minimum absolute atomic E-state index is 0.0670. The van der Waals surface area contributed by atoms with Crippen molar-refractivity contribution < 1.29 is 5.11 Å². The lowest BCUT2D eigenvalue weighted by atomic mass is 10.1. The van der Waals surface area contributed by atoms with Gasteiger partial charge in [-0.15, -0.1) is 0 Å². The van der Waals surface area contributed by atoms with E-state index in [9.17, 15) is 9.59 Å². The van der Waals surface area contributed by atoms with Gasteiger partial charge < -0.3 is 14.6 Å². The van der Waals surface area contributed by atoms with Crippen molar-refractivity contribution in [2.75, 3.05) is 24.6 Å². The Labute approximate surface area is 168 Å². The molecule has 2 aromatic heterocycles. The van der Waals surface area contributed by atoms with Gasteiger partial charge in [0.1, 0.15) is 0 Å². The zero-order chi connectivity index (χ0) is 20.5. The predicted molar refractivity (Wildman–Crippen MR) is 112 cm³/mol. The molecule has 154 valence electrons. The zero-order valence-electron chi connectivity index (χ0n) is 16.9. The maximum absolute atomic E-state index is 13.1. The van der Waals surface area contributed by atoms with Gasteiger partial charge in [0.15, 0.2) is 11.2 Å². The standard InChI is InChI=1S/C21H27N5O3/c1-15-13-24(11-9-16-7-4-3-5-8-16)20-22-18-17(26(20)14-15)19(28)25(10-6-12-27)21(29)23(18)2/h3-5,7-8,15,27H,6,9-14H2,1-2H3/t15-/m1/s1. The van der Waals surface area contributed by atoms with E-state index in [4.69, 9.17) is 10.1 Å². The first kappa shape index (κ1) is 19.4. The van der Waals surface area contributed by atoms with E-state index in [1.165, 1.54) is 14.7 Å². The molecule has 8 nitrogen and oxygen atoms in total. The minimum atomic E-state index is -0.393. The van der Waals surface area contributed by atoms with Gasteiger partial charge in [-0.3, -0.25) is 13.9 Å². The van der Waals surface area contributed by atoms with Crippen LogP contribution in [0.3, 0.4) is 0 Å². The van der Waals surface area contributed by atoms with Crippen molar-refractivity contribution in [1.82, 2.24) is 18.7 Å². The number of aromatic nitrogens is 4. The number of nitrogens with zero attached hydrogens (tertiary/aromatic N) is 5. The molecule has 1 aliphatic rings. The molecular weight excluding hydrogens is 370 g/mol. The second kappa shape index (κ2) is 7.87. The lowest BCUT2D eigenvalue weighted by molar-refractivity contribution is 0.277. The fourth-order valence-corrected chi connectivity index (χ4v) is 4.13. The van der Waals surface area contributed by atoms with E-state index < -0.39 is 5.69 Å². The van der Waals surface area contributed by atoms with E-state index in [2.05, 4.69) is 24.0 Å². The van der Waals surface area contributed by atoms with Crippen LogP contribution in [0, 0.1) is 5.92 Å². The molecule has 0 fully saturated rings. The molecule has 3 heterocycles. The molecule has 8 heteroatoms. The first-order valence-electron chi connectivity index (χ1n) is 10.1. The van der Waals surface area contributed by atoms with E-state index in [0.29, 0.717) is 30.0 Å². The van der Waals surface area contributed by atoms with E-state index in [-0.39, 0.29) is 18.7 Å². The first-order valence-corrected chi connectivity index (χ1v) is 10.1. The van der Waals surface area contributed by atoms with Gasteiger partial charge in [0, 0.05) is 39.8 Å². The van der Waals surface area contributed by atoms with Crippen molar-refractivity contribution in [3.8, 4) is 0 Å². The molecule has 1 atom stereocenters. The van der Waals surface area contributed by atoms with Crippen molar-refractivity contribution in [2.24, 2.45) is 13.0 Å². The number of benzene rings is 1. The van der Waals surface area contributed by atoms with Crippen LogP contribution in [0.1, 0.15) is 18.9 Å². The molecule has 0 saturated heterocycles. The number of hydrogen-bond acceptors (Lipinski definition) is 5. The van der Waals surface area contributed by atoms with Gasteiger partial charge in [0.05, 0.1) is 0 Å². The molecular formula is C21H27N5O3. The van der Waals surface area contributed by atoms with Crippen LogP contribution in [0.5, 0.6) is 0 Å². The van der Waals surface area contributed by atoms with E-state index in [0.717, 1.165) is 25.5 Å². The van der Waals surface area contributed by atoms with Crippen LogP contribution in [-0.4, -0.2) is 43.5 Å². The molecule has 4 rings (SSSR count). The molecule has 0 aliphatic carbocycles. The minimum Gasteiger partial charge on any atom is -0.396 e. The van der Waals surface area contributed by atoms with Gasteiger partial charge >= 0.3 is 5.69 Å². The lowest BCUT2D eigenvalue weighted by Crippen LogP contribution is -2.41. The highest BCUT2D eigenvalue weighted by atomic mass is 16.3. The van der Waals surface area contributed by atoms with Crippen molar-refractivity contribution in [3.63, 3.8) is 0 Å². The number of aliphatic hydroxyl groups excluding tert-OH is 1. The maximum atomic E-state index is 13.1. The fourth-order valence-electron chi connectivity index (χ4n) is 4.13. The summed E-state index contributed by atoms with van der Waals surface area (Å²) in [5.74, 6) is 1.11. The van der Waals surface area contributed by atoms with E-state index in [1.807, 2.05) is 22.8 Å². The fraction of sp³-hybridized carbons (Fsp3) is 0.476. The highest BCUT2D eigenvalue weighted by Gasteiger charge is 2.28. The Morgan fingerprint density at radius 1 is 1.14 bits per heavy atom. The summed E-state index contributed by atoms with van der Waals surface area (Å²) in [4.78, 5) is 32.7. The van der Waals surface area contributed by atoms with Gasteiger partial charge in [-0.1, -0.05) is 37.3 Å². The smallest absolute Gasteiger partial charge is 0.332 e. The van der Waals surface area contributed by atoms with E-state index >= 15 is 0 Å². The molecule has 0 amide bonds. The summed E-state index contributed by atoms with van der Waals surface area (Å²) in [5, 5.41) is 9.12. The maximum Gasteiger partial charge on any atom is 0.332 e. The lowest BCUT2D eigenvalue weighted by Gasteiger charge is -2.33. The van der Waals surface area contributed by atoms with Crippen LogP contribution in [0.25, 0.3) is 11.2 Å². The molecule has 1 aromatic carbocycles. The molecule has 0 radical (unpaired) electrons. The Bertz CT molecular complexity index is 1130. The molecule has 29 heavy (non-hydrogen) atoms. The van der Waals surface area contributed by atoms with Gasteiger partial charge in [-0.05, 0) is 24.3 Å². The number of hydrogen-bond donors (Lipinski definition) is 1. The highest BCUT2D eigenvalue weighted by molar-refractivity contribution is 5.75. The topological polar surface area (TPSA) is 85.3 Å². The quantitative estimate of drug-likeness (QED) is 0.670. The Morgan fingerprint density at radius 3 is 2.62 bits per heavy atom. The molecule has 0 spiro atoms. The number of rotatable bonds is 6. The van der Waals surface area contributed by atoms with Crippen LogP contribution >= 0.6 is 0 Å². The third-order valence-electron chi connectivity index (χ3n) is 5.57. The summed E-state index contributed by atoms with van der Waals surface area (Å²) in [7, 11) is 1.65. The summed E-state index contributed by atoms with van der Waals surface area (Å²) in [6.07, 6.45) is 1.25. The number of aryl methyl sites for hydroxylation is 1. The monoisotopic (exact) mass is 397 g/mol. The Kier molecular flexibility index (Phi) is 5.27. The Morgan fingerprint density at radius 2 is 1.90 bits per heavy atom.